The van der Waals surface area contributed by atoms with Gasteiger partial charge < -0.3 is 15.4 Å². The largest absolute Gasteiger partial charge is 0.381 e. The van der Waals surface area contributed by atoms with Crippen LogP contribution in [0.15, 0.2) is 72.9 Å². The number of halogens is 2. The Morgan fingerprint density at radius 3 is 2.33 bits per heavy atom. The molecule has 2 aliphatic carbocycles. The maximum absolute atomic E-state index is 14.5. The molecule has 4 heterocycles. The zero-order valence-corrected chi connectivity index (χ0v) is 33.6. The van der Waals surface area contributed by atoms with Crippen molar-refractivity contribution in [3.8, 4) is 0 Å². The summed E-state index contributed by atoms with van der Waals surface area (Å²) in [6.07, 6.45) is 6.75. The molecule has 0 radical (unpaired) electrons. The minimum absolute atomic E-state index is 0.0909. The molecule has 58 heavy (non-hydrogen) atoms. The number of piperazine rings is 1. The lowest BCUT2D eigenvalue weighted by Crippen LogP contribution is -2.59. The zero-order valence-electron chi connectivity index (χ0n) is 33.6. The Kier molecular flexibility index (Phi) is 12.4. The number of carbonyl (C=O) groups is 3. The van der Waals surface area contributed by atoms with Gasteiger partial charge in [-0.2, -0.15) is 0 Å². The molecular formula is C46H58F2N6O4. The third-order valence-electron chi connectivity index (χ3n) is 13.9. The van der Waals surface area contributed by atoms with Crippen LogP contribution in [0.25, 0.3) is 0 Å². The fourth-order valence-electron chi connectivity index (χ4n) is 10.5. The summed E-state index contributed by atoms with van der Waals surface area (Å²) in [5.74, 6) is -3.42. The fourth-order valence-corrected chi connectivity index (χ4v) is 10.5. The Balaban J connectivity index is 0.997. The molecule has 1 aromatic heterocycles. The third-order valence-corrected chi connectivity index (χ3v) is 13.9. The van der Waals surface area contributed by atoms with E-state index in [2.05, 4.69) is 20.8 Å². The average Bonchev–Trinajstić information content (AvgIpc) is 3.46. The van der Waals surface area contributed by atoms with Gasteiger partial charge in [0.2, 0.25) is 11.8 Å². The minimum atomic E-state index is -2.77. The van der Waals surface area contributed by atoms with Crippen molar-refractivity contribution >= 4 is 17.7 Å². The Morgan fingerprint density at radius 1 is 0.914 bits per heavy atom. The number of benzene rings is 2. The van der Waals surface area contributed by atoms with Gasteiger partial charge in [0.25, 0.3) is 11.8 Å². The standard InChI is InChI=1S/C46H58F2N6O4/c47-46(48)20-18-45(19-21-46,44(49)57)39(34-10-2-1-3-11-34)17-25-51-26-27-52(28-33-31-58-32-33)36(29-51)30-53(40-16-8-12-35-13-9-22-50-41(35)40)23-6-7-24-54-42(55)37-14-4-5-15-38(37)43(54)56/h1-5,9-11,13-15,22,33,36,39-40H,6-8,12,16-21,23-32H2,(H2,49,57)/t36-,39+,40+/m1/s1. The highest BCUT2D eigenvalue weighted by Crippen LogP contribution is 2.52. The molecule has 0 bridgehead atoms. The minimum Gasteiger partial charge on any atom is -0.381 e. The molecule has 0 spiro atoms. The number of alkyl halides is 2. The highest BCUT2D eigenvalue weighted by molar-refractivity contribution is 6.21. The summed E-state index contributed by atoms with van der Waals surface area (Å²) in [6.45, 7) is 7.90. The molecule has 2 aromatic carbocycles. The van der Waals surface area contributed by atoms with Crippen LogP contribution in [0.4, 0.5) is 8.78 Å². The lowest BCUT2D eigenvalue weighted by molar-refractivity contribution is -0.138. The van der Waals surface area contributed by atoms with Gasteiger partial charge in [-0.3, -0.25) is 34.1 Å². The maximum Gasteiger partial charge on any atom is 0.261 e. The van der Waals surface area contributed by atoms with Crippen LogP contribution in [-0.4, -0.2) is 120 Å². The number of nitrogens with zero attached hydrogens (tertiary/aromatic N) is 5. The molecule has 1 saturated carbocycles. The van der Waals surface area contributed by atoms with E-state index in [0.717, 1.165) is 96.0 Å². The summed E-state index contributed by atoms with van der Waals surface area (Å²) in [7, 11) is 0. The SMILES string of the molecule is NC(=O)C1([C@@H](CCN2CCN(CC3COC3)[C@@H](CN(CCCCN3C(=O)c4ccccc4C3=O)[C@H]3CCCc4cccnc43)C2)c2ccccc2)CCC(F)(F)CC1. The summed E-state index contributed by atoms with van der Waals surface area (Å²) >= 11 is 0. The molecule has 3 aromatic rings. The number of carbonyl (C=O) groups excluding carboxylic acids is 3. The summed E-state index contributed by atoms with van der Waals surface area (Å²) in [5.41, 5.74) is 9.56. The lowest BCUT2D eigenvalue weighted by atomic mass is 9.61. The number of nitrogens with two attached hydrogens (primary N) is 1. The number of rotatable bonds is 16. The van der Waals surface area contributed by atoms with Gasteiger partial charge in [0.05, 0.1) is 41.5 Å². The number of aryl methyl sites for hydroxylation is 1. The number of amides is 3. The number of hydrogen-bond acceptors (Lipinski definition) is 8. The van der Waals surface area contributed by atoms with Crippen molar-refractivity contribution in [2.45, 2.75) is 88.1 Å². The molecule has 12 heteroatoms. The monoisotopic (exact) mass is 796 g/mol. The fraction of sp³-hybridized carbons (Fsp3) is 0.565. The number of unbranched alkanes of at least 4 members (excludes halogenated alkanes) is 1. The topological polar surface area (TPSA) is 112 Å². The Hall–Kier alpha value is -4.10. The van der Waals surface area contributed by atoms with Crippen molar-refractivity contribution in [1.29, 1.82) is 0 Å². The van der Waals surface area contributed by atoms with E-state index in [4.69, 9.17) is 15.5 Å². The molecule has 5 aliphatic rings. The van der Waals surface area contributed by atoms with Gasteiger partial charge in [-0.1, -0.05) is 48.5 Å². The van der Waals surface area contributed by atoms with Crippen molar-refractivity contribution in [1.82, 2.24) is 24.6 Å². The van der Waals surface area contributed by atoms with E-state index >= 15 is 0 Å². The van der Waals surface area contributed by atoms with Crippen LogP contribution in [0, 0.1) is 11.3 Å². The molecular weight excluding hydrogens is 739 g/mol. The van der Waals surface area contributed by atoms with Gasteiger partial charge in [-0.05, 0) is 99.7 Å². The molecule has 3 fully saturated rings. The third kappa shape index (κ3) is 8.62. The van der Waals surface area contributed by atoms with Crippen LogP contribution in [0.5, 0.6) is 0 Å². The molecule has 2 saturated heterocycles. The van der Waals surface area contributed by atoms with Crippen molar-refractivity contribution in [2.75, 3.05) is 65.6 Å². The normalized spacial score (nSPS) is 24.0. The number of imide groups is 1. The number of fused-ring (bicyclic) bond motifs is 2. The average molecular weight is 797 g/mol. The summed E-state index contributed by atoms with van der Waals surface area (Å²) < 4.78 is 34.6. The molecule has 0 unspecified atom stereocenters. The van der Waals surface area contributed by atoms with Crippen LogP contribution in [-0.2, 0) is 16.0 Å². The molecule has 310 valence electrons. The first kappa shape index (κ1) is 40.7. The quantitative estimate of drug-likeness (QED) is 0.132. The van der Waals surface area contributed by atoms with E-state index in [9.17, 15) is 23.2 Å². The second-order valence-electron chi connectivity index (χ2n) is 17.4. The van der Waals surface area contributed by atoms with Gasteiger partial charge >= 0.3 is 0 Å². The van der Waals surface area contributed by atoms with Gasteiger partial charge in [-0.15, -0.1) is 0 Å². The van der Waals surface area contributed by atoms with E-state index in [1.807, 2.05) is 42.6 Å². The van der Waals surface area contributed by atoms with E-state index in [-0.39, 0.29) is 55.5 Å². The summed E-state index contributed by atoms with van der Waals surface area (Å²) in [6, 6.07) is 21.6. The van der Waals surface area contributed by atoms with Crippen LogP contribution in [0.2, 0.25) is 0 Å². The highest BCUT2D eigenvalue weighted by atomic mass is 19.3. The predicted molar refractivity (Wildman–Crippen MR) is 217 cm³/mol. The van der Waals surface area contributed by atoms with E-state index in [1.165, 1.54) is 10.5 Å². The smallest absolute Gasteiger partial charge is 0.261 e. The lowest BCUT2D eigenvalue weighted by Gasteiger charge is -2.48. The first-order valence-electron chi connectivity index (χ1n) is 21.5. The summed E-state index contributed by atoms with van der Waals surface area (Å²) in [4.78, 5) is 53.7. The summed E-state index contributed by atoms with van der Waals surface area (Å²) in [5, 5.41) is 0. The van der Waals surface area contributed by atoms with Crippen LogP contribution < -0.4 is 5.73 Å². The first-order chi connectivity index (χ1) is 28.1. The van der Waals surface area contributed by atoms with Crippen LogP contribution in [0.3, 0.4) is 0 Å². The van der Waals surface area contributed by atoms with Gasteiger partial charge in [0, 0.05) is 70.3 Å². The number of primary amides is 1. The Labute approximate surface area is 341 Å². The van der Waals surface area contributed by atoms with Crippen molar-refractivity contribution in [2.24, 2.45) is 17.1 Å². The predicted octanol–water partition coefficient (Wildman–Crippen LogP) is 6.32. The van der Waals surface area contributed by atoms with Gasteiger partial charge in [0.1, 0.15) is 0 Å². The second kappa shape index (κ2) is 17.6. The highest BCUT2D eigenvalue weighted by Gasteiger charge is 2.51. The van der Waals surface area contributed by atoms with E-state index in [1.54, 1.807) is 24.3 Å². The Morgan fingerprint density at radius 2 is 1.64 bits per heavy atom. The molecule has 2 N–H and O–H groups in total. The number of ether oxygens (including phenoxy) is 1. The molecule has 3 aliphatic heterocycles. The first-order valence-corrected chi connectivity index (χ1v) is 21.5. The van der Waals surface area contributed by atoms with Crippen molar-refractivity contribution in [3.05, 3.63) is 101 Å². The van der Waals surface area contributed by atoms with Crippen LogP contribution in [0.1, 0.15) is 107 Å². The molecule has 3 amide bonds. The van der Waals surface area contributed by atoms with Crippen molar-refractivity contribution < 1.29 is 27.9 Å². The second-order valence-corrected chi connectivity index (χ2v) is 17.4. The Bertz CT molecular complexity index is 1880. The van der Waals surface area contributed by atoms with E-state index in [0.29, 0.717) is 36.4 Å². The van der Waals surface area contributed by atoms with Crippen LogP contribution >= 0.6 is 0 Å². The molecule has 8 rings (SSSR count). The van der Waals surface area contributed by atoms with Crippen molar-refractivity contribution in [3.63, 3.8) is 0 Å². The molecule has 3 atom stereocenters. The number of pyridine rings is 1. The number of aromatic nitrogens is 1. The van der Waals surface area contributed by atoms with E-state index < -0.39 is 17.2 Å². The molecule has 10 nitrogen and oxygen atoms in total. The maximum atomic E-state index is 14.5. The van der Waals surface area contributed by atoms with Gasteiger partial charge in [-0.25, -0.2) is 8.78 Å². The zero-order chi connectivity index (χ0) is 40.3. The number of hydrogen-bond donors (Lipinski definition) is 1. The van der Waals surface area contributed by atoms with Gasteiger partial charge in [0.15, 0.2) is 0 Å².